The SMILES string of the molecule is CC(C)(C)OC(N)=O.O=C(O)CCc1ccc(Br)cc1. The average molecular weight is 346 g/mol. The van der Waals surface area contributed by atoms with Crippen LogP contribution in [0.2, 0.25) is 0 Å². The number of aryl methyl sites for hydroxylation is 1. The van der Waals surface area contributed by atoms with Crippen LogP contribution >= 0.6 is 15.9 Å². The van der Waals surface area contributed by atoms with Crippen LogP contribution in [0.5, 0.6) is 0 Å². The van der Waals surface area contributed by atoms with E-state index in [0.717, 1.165) is 10.0 Å². The van der Waals surface area contributed by atoms with Crippen LogP contribution in [0.25, 0.3) is 0 Å². The normalized spacial score (nSPS) is 10.2. The maximum atomic E-state index is 10.2. The van der Waals surface area contributed by atoms with Gasteiger partial charge in [-0.3, -0.25) is 4.79 Å². The number of halogens is 1. The average Bonchev–Trinajstić information content (AvgIpc) is 2.25. The second-order valence-electron chi connectivity index (χ2n) is 5.05. The Hall–Kier alpha value is -1.56. The summed E-state index contributed by atoms with van der Waals surface area (Å²) in [6, 6.07) is 7.68. The summed E-state index contributed by atoms with van der Waals surface area (Å²) in [5.74, 6) is -0.752. The number of aliphatic carboxylic acids is 1. The maximum Gasteiger partial charge on any atom is 0.405 e. The summed E-state index contributed by atoms with van der Waals surface area (Å²) >= 11 is 3.31. The Morgan fingerprint density at radius 1 is 1.25 bits per heavy atom. The molecule has 112 valence electrons. The molecule has 0 aliphatic rings. The number of nitrogens with two attached hydrogens (primary N) is 1. The van der Waals surface area contributed by atoms with Gasteiger partial charge in [0, 0.05) is 10.9 Å². The van der Waals surface area contributed by atoms with Crippen LogP contribution in [0.4, 0.5) is 4.79 Å². The number of primary amides is 1. The van der Waals surface area contributed by atoms with Crippen molar-refractivity contribution in [3.63, 3.8) is 0 Å². The first-order chi connectivity index (χ1) is 9.10. The third-order valence-electron chi connectivity index (χ3n) is 1.95. The Labute approximate surface area is 127 Å². The maximum absolute atomic E-state index is 10.2. The van der Waals surface area contributed by atoms with E-state index in [0.29, 0.717) is 6.42 Å². The molecule has 1 aromatic rings. The summed E-state index contributed by atoms with van der Waals surface area (Å²) in [4.78, 5) is 20.2. The summed E-state index contributed by atoms with van der Waals surface area (Å²) in [5.41, 5.74) is 5.32. The van der Waals surface area contributed by atoms with Crippen LogP contribution in [0.3, 0.4) is 0 Å². The zero-order valence-electron chi connectivity index (χ0n) is 11.9. The highest BCUT2D eigenvalue weighted by Gasteiger charge is 2.12. The summed E-state index contributed by atoms with van der Waals surface area (Å²) in [6.45, 7) is 5.28. The van der Waals surface area contributed by atoms with Crippen molar-refractivity contribution < 1.29 is 19.4 Å². The summed E-state index contributed by atoms with van der Waals surface area (Å²) < 4.78 is 5.59. The molecule has 0 unspecified atom stereocenters. The largest absolute Gasteiger partial charge is 0.481 e. The van der Waals surface area contributed by atoms with E-state index in [4.69, 9.17) is 10.8 Å². The minimum atomic E-state index is -0.752. The van der Waals surface area contributed by atoms with E-state index in [1.54, 1.807) is 20.8 Å². The first-order valence-electron chi connectivity index (χ1n) is 6.05. The van der Waals surface area contributed by atoms with E-state index in [9.17, 15) is 9.59 Å². The molecule has 0 fully saturated rings. The van der Waals surface area contributed by atoms with Crippen LogP contribution in [-0.4, -0.2) is 22.8 Å². The van der Waals surface area contributed by atoms with E-state index in [1.807, 2.05) is 24.3 Å². The minimum absolute atomic E-state index is 0.196. The van der Waals surface area contributed by atoms with Gasteiger partial charge in [0.2, 0.25) is 0 Å². The van der Waals surface area contributed by atoms with E-state index >= 15 is 0 Å². The van der Waals surface area contributed by atoms with Gasteiger partial charge in [0.25, 0.3) is 0 Å². The molecular formula is C14H20BrNO4. The smallest absolute Gasteiger partial charge is 0.405 e. The molecular weight excluding hydrogens is 326 g/mol. The standard InChI is InChI=1S/C9H9BrO2.C5H11NO2/c10-8-4-1-7(2-5-8)3-6-9(11)12;1-5(2,3)8-4(6)7/h1-2,4-5H,3,6H2,(H,11,12);1-3H3,(H2,6,7). The van der Waals surface area contributed by atoms with E-state index in [2.05, 4.69) is 20.7 Å². The lowest BCUT2D eigenvalue weighted by atomic mass is 10.1. The van der Waals surface area contributed by atoms with Crippen molar-refractivity contribution in [3.05, 3.63) is 34.3 Å². The van der Waals surface area contributed by atoms with Crippen molar-refractivity contribution in [2.45, 2.75) is 39.2 Å². The number of hydrogen-bond acceptors (Lipinski definition) is 3. The molecule has 1 aromatic carbocycles. The highest BCUT2D eigenvalue weighted by atomic mass is 79.9. The molecule has 0 aliphatic heterocycles. The molecule has 0 aliphatic carbocycles. The number of carboxylic acids is 1. The van der Waals surface area contributed by atoms with Gasteiger partial charge < -0.3 is 15.6 Å². The van der Waals surface area contributed by atoms with Crippen molar-refractivity contribution in [3.8, 4) is 0 Å². The van der Waals surface area contributed by atoms with Crippen molar-refractivity contribution in [2.24, 2.45) is 5.73 Å². The number of ether oxygens (including phenoxy) is 1. The second-order valence-corrected chi connectivity index (χ2v) is 5.97. The first kappa shape index (κ1) is 18.4. The lowest BCUT2D eigenvalue weighted by Crippen LogP contribution is -2.27. The molecule has 5 nitrogen and oxygen atoms in total. The summed E-state index contributed by atoms with van der Waals surface area (Å²) in [6.07, 6.45) is 0.0713. The fourth-order valence-corrected chi connectivity index (χ4v) is 1.47. The number of amides is 1. The van der Waals surface area contributed by atoms with Gasteiger partial charge in [0.15, 0.2) is 0 Å². The molecule has 0 heterocycles. The van der Waals surface area contributed by atoms with Crippen molar-refractivity contribution >= 4 is 28.0 Å². The lowest BCUT2D eigenvalue weighted by Gasteiger charge is -2.16. The molecule has 0 aromatic heterocycles. The number of benzene rings is 1. The molecule has 20 heavy (non-hydrogen) atoms. The first-order valence-corrected chi connectivity index (χ1v) is 6.84. The zero-order chi connectivity index (χ0) is 15.8. The van der Waals surface area contributed by atoms with E-state index in [1.165, 1.54) is 0 Å². The molecule has 3 N–H and O–H groups in total. The summed E-state index contributed by atoms with van der Waals surface area (Å²) in [5, 5.41) is 8.42. The van der Waals surface area contributed by atoms with Crippen LogP contribution in [0.15, 0.2) is 28.7 Å². The van der Waals surface area contributed by atoms with Crippen LogP contribution in [-0.2, 0) is 16.0 Å². The van der Waals surface area contributed by atoms with Gasteiger partial charge in [-0.05, 0) is 44.9 Å². The highest BCUT2D eigenvalue weighted by Crippen LogP contribution is 2.11. The van der Waals surface area contributed by atoms with Gasteiger partial charge >= 0.3 is 12.1 Å². The zero-order valence-corrected chi connectivity index (χ0v) is 13.4. The number of carbonyl (C=O) groups excluding carboxylic acids is 1. The number of carbonyl (C=O) groups is 2. The summed E-state index contributed by atoms with van der Waals surface area (Å²) in [7, 11) is 0. The Bertz CT molecular complexity index is 437. The van der Waals surface area contributed by atoms with Crippen LogP contribution < -0.4 is 5.73 Å². The molecule has 0 spiro atoms. The predicted octanol–water partition coefficient (Wildman–Crippen LogP) is 3.35. The van der Waals surface area contributed by atoms with Gasteiger partial charge in [-0.25, -0.2) is 4.79 Å². The Kier molecular flexibility index (Phi) is 7.91. The van der Waals surface area contributed by atoms with Crippen molar-refractivity contribution in [1.29, 1.82) is 0 Å². The van der Waals surface area contributed by atoms with E-state index < -0.39 is 17.7 Å². The Balaban J connectivity index is 0.000000396. The number of rotatable bonds is 3. The minimum Gasteiger partial charge on any atom is -0.481 e. The van der Waals surface area contributed by atoms with Gasteiger partial charge in [-0.2, -0.15) is 0 Å². The van der Waals surface area contributed by atoms with Crippen LogP contribution in [0.1, 0.15) is 32.8 Å². The molecule has 0 saturated carbocycles. The van der Waals surface area contributed by atoms with Crippen molar-refractivity contribution in [1.82, 2.24) is 0 Å². The van der Waals surface area contributed by atoms with Gasteiger partial charge in [0.1, 0.15) is 5.60 Å². The van der Waals surface area contributed by atoms with Crippen molar-refractivity contribution in [2.75, 3.05) is 0 Å². The fraction of sp³-hybridized carbons (Fsp3) is 0.429. The van der Waals surface area contributed by atoms with Crippen LogP contribution in [0, 0.1) is 0 Å². The highest BCUT2D eigenvalue weighted by molar-refractivity contribution is 9.10. The third-order valence-corrected chi connectivity index (χ3v) is 2.48. The second kappa shape index (κ2) is 8.58. The quantitative estimate of drug-likeness (QED) is 0.878. The third kappa shape index (κ3) is 11.5. The molecule has 1 amide bonds. The van der Waals surface area contributed by atoms with Gasteiger partial charge in [0.05, 0.1) is 0 Å². The number of hydrogen-bond donors (Lipinski definition) is 2. The van der Waals surface area contributed by atoms with Gasteiger partial charge in [-0.1, -0.05) is 28.1 Å². The monoisotopic (exact) mass is 345 g/mol. The lowest BCUT2D eigenvalue weighted by molar-refractivity contribution is -0.136. The molecule has 0 bridgehead atoms. The number of carboxylic acid groups (broad SMARTS) is 1. The molecule has 0 atom stereocenters. The predicted molar refractivity (Wildman–Crippen MR) is 80.5 cm³/mol. The molecule has 0 radical (unpaired) electrons. The van der Waals surface area contributed by atoms with E-state index in [-0.39, 0.29) is 6.42 Å². The Morgan fingerprint density at radius 3 is 2.05 bits per heavy atom. The molecule has 1 rings (SSSR count). The molecule has 0 saturated heterocycles. The van der Waals surface area contributed by atoms with Gasteiger partial charge in [-0.15, -0.1) is 0 Å². The Morgan fingerprint density at radius 2 is 1.75 bits per heavy atom. The fourth-order valence-electron chi connectivity index (χ4n) is 1.20. The molecule has 6 heteroatoms. The topological polar surface area (TPSA) is 89.6 Å².